The summed E-state index contributed by atoms with van der Waals surface area (Å²) in [6.07, 6.45) is 2.50. The maximum absolute atomic E-state index is 10.9. The first-order chi connectivity index (χ1) is 5.42. The average molecular weight is 231 g/mol. The third-order valence-electron chi connectivity index (χ3n) is 2.57. The summed E-state index contributed by atoms with van der Waals surface area (Å²) < 4.78 is 0. The van der Waals surface area contributed by atoms with Crippen molar-refractivity contribution in [1.29, 1.82) is 0 Å². The Morgan fingerprint density at radius 2 is 1.92 bits per heavy atom. The van der Waals surface area contributed by atoms with Gasteiger partial charge in [0.25, 0.3) is 0 Å². The van der Waals surface area contributed by atoms with Crippen LogP contribution >= 0.6 is 0 Å². The standard InChI is InChI=1S/C10H20O2.Ni/c1-5-10(4,9(11)12)7-6-8(2)3;/h8H,5-7H2,1-4H3,(H,11,12);. The molecule has 2 nitrogen and oxygen atoms in total. The van der Waals surface area contributed by atoms with E-state index in [-0.39, 0.29) is 16.5 Å². The number of hydrogen-bond acceptors (Lipinski definition) is 1. The van der Waals surface area contributed by atoms with Crippen molar-refractivity contribution >= 4 is 5.97 Å². The second kappa shape index (κ2) is 6.42. The van der Waals surface area contributed by atoms with Crippen LogP contribution in [0.5, 0.6) is 0 Å². The average Bonchev–Trinajstić information content (AvgIpc) is 1.99. The van der Waals surface area contributed by atoms with E-state index in [9.17, 15) is 4.79 Å². The first-order valence-corrected chi connectivity index (χ1v) is 4.65. The molecule has 0 aliphatic heterocycles. The summed E-state index contributed by atoms with van der Waals surface area (Å²) in [5.41, 5.74) is -0.510. The largest absolute Gasteiger partial charge is 0.481 e. The van der Waals surface area contributed by atoms with Crippen LogP contribution in [0.4, 0.5) is 0 Å². The Morgan fingerprint density at radius 3 is 2.15 bits per heavy atom. The van der Waals surface area contributed by atoms with E-state index in [4.69, 9.17) is 5.11 Å². The summed E-state index contributed by atoms with van der Waals surface area (Å²) in [5, 5.41) is 8.95. The van der Waals surface area contributed by atoms with Crippen LogP contribution in [-0.2, 0) is 21.3 Å². The normalized spacial score (nSPS) is 14.8. The maximum Gasteiger partial charge on any atom is 0.309 e. The van der Waals surface area contributed by atoms with Gasteiger partial charge in [-0.1, -0.05) is 20.8 Å². The first-order valence-electron chi connectivity index (χ1n) is 4.65. The summed E-state index contributed by atoms with van der Waals surface area (Å²) >= 11 is 0. The molecule has 1 unspecified atom stereocenters. The van der Waals surface area contributed by atoms with E-state index in [1.54, 1.807) is 0 Å². The molecule has 0 saturated carbocycles. The van der Waals surface area contributed by atoms with Crippen LogP contribution in [0.15, 0.2) is 0 Å². The van der Waals surface area contributed by atoms with E-state index in [2.05, 4.69) is 13.8 Å². The van der Waals surface area contributed by atoms with Crippen LogP contribution in [0.3, 0.4) is 0 Å². The number of aliphatic carboxylic acids is 1. The van der Waals surface area contributed by atoms with Gasteiger partial charge in [0.15, 0.2) is 0 Å². The monoisotopic (exact) mass is 230 g/mol. The van der Waals surface area contributed by atoms with Crippen molar-refractivity contribution in [1.82, 2.24) is 0 Å². The second-order valence-electron chi connectivity index (χ2n) is 4.15. The molecule has 1 N–H and O–H groups in total. The van der Waals surface area contributed by atoms with Crippen molar-refractivity contribution in [3.05, 3.63) is 0 Å². The van der Waals surface area contributed by atoms with Crippen LogP contribution in [0.2, 0.25) is 0 Å². The van der Waals surface area contributed by atoms with E-state index in [0.717, 1.165) is 19.3 Å². The van der Waals surface area contributed by atoms with E-state index in [0.29, 0.717) is 5.92 Å². The van der Waals surface area contributed by atoms with E-state index in [1.165, 1.54) is 0 Å². The fraction of sp³-hybridized carbons (Fsp3) is 0.900. The van der Waals surface area contributed by atoms with E-state index >= 15 is 0 Å². The molecule has 0 fully saturated rings. The summed E-state index contributed by atoms with van der Waals surface area (Å²) in [4.78, 5) is 10.9. The Balaban J connectivity index is 0. The SMILES string of the molecule is CCC(C)(CCC(C)C)C(=O)O.[Ni]. The van der Waals surface area contributed by atoms with Gasteiger partial charge in [0.2, 0.25) is 0 Å². The predicted molar refractivity (Wildman–Crippen MR) is 50.1 cm³/mol. The Hall–Kier alpha value is -0.0365. The number of carboxylic acids is 1. The molecule has 0 aliphatic carbocycles. The molecule has 0 aliphatic rings. The van der Waals surface area contributed by atoms with Gasteiger partial charge in [-0.15, -0.1) is 0 Å². The van der Waals surface area contributed by atoms with Crippen molar-refractivity contribution < 1.29 is 26.4 Å². The fourth-order valence-electron chi connectivity index (χ4n) is 1.04. The molecule has 0 spiro atoms. The molecule has 1 atom stereocenters. The van der Waals surface area contributed by atoms with Crippen molar-refractivity contribution in [3.63, 3.8) is 0 Å². The zero-order valence-corrected chi connectivity index (χ0v) is 9.86. The zero-order valence-electron chi connectivity index (χ0n) is 8.87. The molecule has 0 radical (unpaired) electrons. The van der Waals surface area contributed by atoms with Gasteiger partial charge in [-0.25, -0.2) is 0 Å². The molecule has 0 aromatic heterocycles. The fourth-order valence-corrected chi connectivity index (χ4v) is 1.04. The molecular formula is C10H20NiO2. The van der Waals surface area contributed by atoms with Gasteiger partial charge >= 0.3 is 5.97 Å². The van der Waals surface area contributed by atoms with Gasteiger partial charge < -0.3 is 5.11 Å². The van der Waals surface area contributed by atoms with E-state index in [1.807, 2.05) is 13.8 Å². The second-order valence-corrected chi connectivity index (χ2v) is 4.15. The van der Waals surface area contributed by atoms with Crippen LogP contribution in [0.25, 0.3) is 0 Å². The summed E-state index contributed by atoms with van der Waals surface area (Å²) in [6.45, 7) is 8.02. The van der Waals surface area contributed by atoms with Crippen LogP contribution in [0, 0.1) is 11.3 Å². The molecule has 0 amide bonds. The van der Waals surface area contributed by atoms with Crippen LogP contribution < -0.4 is 0 Å². The van der Waals surface area contributed by atoms with Gasteiger partial charge in [0, 0.05) is 16.5 Å². The number of hydrogen-bond donors (Lipinski definition) is 1. The Morgan fingerprint density at radius 1 is 1.46 bits per heavy atom. The Bertz CT molecular complexity index is 157. The molecule has 0 aromatic rings. The minimum Gasteiger partial charge on any atom is -0.481 e. The topological polar surface area (TPSA) is 37.3 Å². The molecule has 0 saturated heterocycles. The molecule has 0 bridgehead atoms. The predicted octanol–water partition coefficient (Wildman–Crippen LogP) is 2.92. The third-order valence-corrected chi connectivity index (χ3v) is 2.57. The first kappa shape index (κ1) is 15.4. The smallest absolute Gasteiger partial charge is 0.309 e. The van der Waals surface area contributed by atoms with Crippen molar-refractivity contribution in [3.8, 4) is 0 Å². The number of carboxylic acid groups (broad SMARTS) is 1. The summed E-state index contributed by atoms with van der Waals surface area (Å²) in [7, 11) is 0. The Kier molecular flexibility index (Phi) is 7.63. The minimum absolute atomic E-state index is 0. The summed E-state index contributed by atoms with van der Waals surface area (Å²) in [5.74, 6) is -0.0686. The van der Waals surface area contributed by atoms with Gasteiger partial charge in [-0.05, 0) is 32.1 Å². The maximum atomic E-state index is 10.9. The third kappa shape index (κ3) is 5.30. The molecule has 0 heterocycles. The molecule has 0 rings (SSSR count). The van der Waals surface area contributed by atoms with Gasteiger partial charge in [-0.3, -0.25) is 4.79 Å². The number of rotatable bonds is 5. The quantitative estimate of drug-likeness (QED) is 0.738. The van der Waals surface area contributed by atoms with Gasteiger partial charge in [0.05, 0.1) is 5.41 Å². The van der Waals surface area contributed by atoms with Gasteiger partial charge in [-0.2, -0.15) is 0 Å². The molecule has 13 heavy (non-hydrogen) atoms. The zero-order chi connectivity index (χ0) is 9.78. The molecule has 82 valence electrons. The van der Waals surface area contributed by atoms with Crippen LogP contribution in [-0.4, -0.2) is 11.1 Å². The number of carbonyl (C=O) groups is 1. The van der Waals surface area contributed by atoms with Crippen molar-refractivity contribution in [2.45, 2.75) is 47.0 Å². The van der Waals surface area contributed by atoms with E-state index < -0.39 is 11.4 Å². The minimum atomic E-state index is -0.661. The summed E-state index contributed by atoms with van der Waals surface area (Å²) in [6, 6.07) is 0. The molecular weight excluding hydrogens is 211 g/mol. The van der Waals surface area contributed by atoms with Crippen LogP contribution in [0.1, 0.15) is 47.0 Å². The van der Waals surface area contributed by atoms with Crippen molar-refractivity contribution in [2.24, 2.45) is 11.3 Å². The van der Waals surface area contributed by atoms with Crippen molar-refractivity contribution in [2.75, 3.05) is 0 Å². The molecule has 0 aromatic carbocycles. The Labute approximate surface area is 91.0 Å². The van der Waals surface area contributed by atoms with Gasteiger partial charge in [0.1, 0.15) is 0 Å². The molecule has 3 heteroatoms.